The summed E-state index contributed by atoms with van der Waals surface area (Å²) >= 11 is 0. The van der Waals surface area contributed by atoms with Gasteiger partial charge in [0, 0.05) is 12.4 Å². The average molecular weight is 280 g/mol. The second kappa shape index (κ2) is 13.0. The molecule has 86 valence electrons. The van der Waals surface area contributed by atoms with E-state index in [1.165, 1.54) is 0 Å². The molecular weight excluding hydrogens is 262 g/mol. The van der Waals surface area contributed by atoms with E-state index in [1.807, 2.05) is 36.4 Å². The van der Waals surface area contributed by atoms with E-state index in [4.69, 9.17) is 0 Å². The van der Waals surface area contributed by atoms with Gasteiger partial charge in [0.05, 0.1) is 11.4 Å². The number of aromatic nitrogens is 2. The SMILES string of the molecule is [CH2-]C.[CH2-]C.[Zn+2].c1ccc(-c2ccccn2)nc1. The van der Waals surface area contributed by atoms with Crippen LogP contribution in [0.15, 0.2) is 48.8 Å². The Labute approximate surface area is 117 Å². The summed E-state index contributed by atoms with van der Waals surface area (Å²) < 4.78 is 0. The minimum absolute atomic E-state index is 0. The van der Waals surface area contributed by atoms with Crippen LogP contribution in [0.4, 0.5) is 0 Å². The van der Waals surface area contributed by atoms with Crippen LogP contribution in [0.1, 0.15) is 13.8 Å². The van der Waals surface area contributed by atoms with E-state index in [1.54, 1.807) is 26.2 Å². The molecule has 0 N–H and O–H groups in total. The molecule has 0 amide bonds. The van der Waals surface area contributed by atoms with Gasteiger partial charge >= 0.3 is 19.5 Å². The molecule has 2 rings (SSSR count). The summed E-state index contributed by atoms with van der Waals surface area (Å²) in [5.41, 5.74) is 1.83. The molecule has 0 aliphatic carbocycles. The molecule has 3 heteroatoms. The Bertz CT molecular complexity index is 312. The molecule has 0 saturated heterocycles. The zero-order valence-electron chi connectivity index (χ0n) is 10.6. The summed E-state index contributed by atoms with van der Waals surface area (Å²) in [4.78, 5) is 8.37. The first-order valence-electron chi connectivity index (χ1n) is 5.21. The van der Waals surface area contributed by atoms with Crippen LogP contribution in [0.5, 0.6) is 0 Å². The molecular formula is C14H18N2Zn. The Morgan fingerprint density at radius 2 is 1.06 bits per heavy atom. The van der Waals surface area contributed by atoms with Crippen molar-refractivity contribution in [3.63, 3.8) is 0 Å². The maximum absolute atomic E-state index is 4.19. The smallest absolute Gasteiger partial charge is 0.346 e. The van der Waals surface area contributed by atoms with Crippen molar-refractivity contribution in [1.29, 1.82) is 0 Å². The maximum atomic E-state index is 4.19. The Kier molecular flexibility index (Phi) is 14.0. The second-order valence-electron chi connectivity index (χ2n) is 2.43. The van der Waals surface area contributed by atoms with Crippen molar-refractivity contribution < 1.29 is 19.5 Å². The van der Waals surface area contributed by atoms with E-state index in [0.717, 1.165) is 11.4 Å². The standard InChI is InChI=1S/C10H8N2.2C2H5.Zn/c1-3-7-11-9(5-1)10-6-2-4-8-12-10;2*1-2;/h1-8H;2*1H2,2H3;/q;2*-1;+2. The molecule has 0 radical (unpaired) electrons. The molecule has 2 aromatic heterocycles. The van der Waals surface area contributed by atoms with Gasteiger partial charge in [-0.2, -0.15) is 13.8 Å². The van der Waals surface area contributed by atoms with E-state index in [0.29, 0.717) is 0 Å². The average Bonchev–Trinajstić information content (AvgIpc) is 2.45. The van der Waals surface area contributed by atoms with E-state index in [-0.39, 0.29) is 19.5 Å². The van der Waals surface area contributed by atoms with Crippen LogP contribution in [-0.2, 0) is 19.5 Å². The van der Waals surface area contributed by atoms with E-state index in [2.05, 4.69) is 23.8 Å². The Balaban J connectivity index is 0. The second-order valence-corrected chi connectivity index (χ2v) is 2.43. The van der Waals surface area contributed by atoms with Gasteiger partial charge in [0.1, 0.15) is 0 Å². The van der Waals surface area contributed by atoms with Crippen molar-refractivity contribution in [3.8, 4) is 11.4 Å². The van der Waals surface area contributed by atoms with Crippen LogP contribution in [0.2, 0.25) is 0 Å². The van der Waals surface area contributed by atoms with Gasteiger partial charge < -0.3 is 13.8 Å². The third kappa shape index (κ3) is 6.96. The predicted octanol–water partition coefficient (Wildman–Crippen LogP) is 3.82. The van der Waals surface area contributed by atoms with Gasteiger partial charge in [-0.15, -0.1) is 0 Å². The largest absolute Gasteiger partial charge is 2.00 e. The Hall–Kier alpha value is -1.08. The summed E-state index contributed by atoms with van der Waals surface area (Å²) in [6.07, 6.45) is 3.54. The Morgan fingerprint density at radius 1 is 0.706 bits per heavy atom. The van der Waals surface area contributed by atoms with Crippen molar-refractivity contribution in [3.05, 3.63) is 62.6 Å². The topological polar surface area (TPSA) is 25.8 Å². The molecule has 0 fully saturated rings. The summed E-state index contributed by atoms with van der Waals surface area (Å²) in [5, 5.41) is 0. The molecule has 0 spiro atoms. The van der Waals surface area contributed by atoms with Crippen LogP contribution in [0, 0.1) is 13.8 Å². The quantitative estimate of drug-likeness (QED) is 0.586. The fraction of sp³-hybridized carbons (Fsp3) is 0.143. The summed E-state index contributed by atoms with van der Waals surface area (Å²) in [6, 6.07) is 11.6. The molecule has 2 nitrogen and oxygen atoms in total. The normalized spacial score (nSPS) is 7.53. The van der Waals surface area contributed by atoms with E-state index in [9.17, 15) is 0 Å². The minimum atomic E-state index is 0. The molecule has 0 aliphatic heterocycles. The third-order valence-electron chi connectivity index (χ3n) is 1.59. The fourth-order valence-corrected chi connectivity index (χ4v) is 1.03. The number of rotatable bonds is 1. The molecule has 0 aromatic carbocycles. The number of nitrogens with zero attached hydrogens (tertiary/aromatic N) is 2. The van der Waals surface area contributed by atoms with Crippen LogP contribution >= 0.6 is 0 Å². The third-order valence-corrected chi connectivity index (χ3v) is 1.59. The van der Waals surface area contributed by atoms with E-state index < -0.39 is 0 Å². The number of pyridine rings is 2. The first-order valence-corrected chi connectivity index (χ1v) is 5.21. The predicted molar refractivity (Wildman–Crippen MR) is 69.5 cm³/mol. The monoisotopic (exact) mass is 278 g/mol. The molecule has 0 unspecified atom stereocenters. The molecule has 2 aromatic rings. The molecule has 2 heterocycles. The van der Waals surface area contributed by atoms with Gasteiger partial charge in [-0.05, 0) is 24.3 Å². The van der Waals surface area contributed by atoms with Gasteiger partial charge in [0.2, 0.25) is 0 Å². The molecule has 0 aliphatic rings. The van der Waals surface area contributed by atoms with Crippen molar-refractivity contribution in [2.45, 2.75) is 13.8 Å². The van der Waals surface area contributed by atoms with Crippen molar-refractivity contribution in [2.24, 2.45) is 0 Å². The maximum Gasteiger partial charge on any atom is 2.00 e. The van der Waals surface area contributed by atoms with Crippen LogP contribution in [-0.4, -0.2) is 9.97 Å². The number of hydrogen-bond acceptors (Lipinski definition) is 2. The van der Waals surface area contributed by atoms with Crippen LogP contribution in [0.25, 0.3) is 11.4 Å². The van der Waals surface area contributed by atoms with E-state index >= 15 is 0 Å². The van der Waals surface area contributed by atoms with Crippen LogP contribution in [0.3, 0.4) is 0 Å². The molecule has 17 heavy (non-hydrogen) atoms. The van der Waals surface area contributed by atoms with Gasteiger partial charge in [0.15, 0.2) is 0 Å². The van der Waals surface area contributed by atoms with Gasteiger partial charge in [-0.1, -0.05) is 12.1 Å². The van der Waals surface area contributed by atoms with Crippen molar-refractivity contribution in [1.82, 2.24) is 9.97 Å². The summed E-state index contributed by atoms with van der Waals surface area (Å²) in [6.45, 7) is 10.0. The van der Waals surface area contributed by atoms with Gasteiger partial charge in [-0.25, -0.2) is 0 Å². The molecule has 0 atom stereocenters. The molecule has 0 bridgehead atoms. The fourth-order valence-electron chi connectivity index (χ4n) is 1.03. The minimum Gasteiger partial charge on any atom is -0.346 e. The van der Waals surface area contributed by atoms with Crippen molar-refractivity contribution in [2.75, 3.05) is 0 Å². The first-order chi connectivity index (χ1) is 7.97. The Morgan fingerprint density at radius 3 is 1.29 bits per heavy atom. The molecule has 0 saturated carbocycles. The van der Waals surface area contributed by atoms with Gasteiger partial charge in [0.25, 0.3) is 0 Å². The zero-order valence-corrected chi connectivity index (χ0v) is 13.6. The first kappa shape index (κ1) is 18.3. The number of hydrogen-bond donors (Lipinski definition) is 0. The van der Waals surface area contributed by atoms with Crippen molar-refractivity contribution >= 4 is 0 Å². The summed E-state index contributed by atoms with van der Waals surface area (Å²) in [5.74, 6) is 0. The van der Waals surface area contributed by atoms with Gasteiger partial charge in [-0.3, -0.25) is 9.97 Å². The zero-order chi connectivity index (χ0) is 12.2. The summed E-state index contributed by atoms with van der Waals surface area (Å²) in [7, 11) is 0. The van der Waals surface area contributed by atoms with Crippen LogP contribution < -0.4 is 0 Å².